The van der Waals surface area contributed by atoms with Gasteiger partial charge in [0, 0.05) is 12.7 Å². The van der Waals surface area contributed by atoms with Gasteiger partial charge in [-0.3, -0.25) is 9.59 Å². The molecule has 106 valence electrons. The van der Waals surface area contributed by atoms with Gasteiger partial charge in [-0.1, -0.05) is 18.2 Å². The van der Waals surface area contributed by atoms with Crippen molar-refractivity contribution in [2.24, 2.45) is 0 Å². The number of amides is 1. The van der Waals surface area contributed by atoms with Crippen LogP contribution in [0.25, 0.3) is 0 Å². The van der Waals surface area contributed by atoms with Crippen molar-refractivity contribution in [1.82, 2.24) is 0 Å². The van der Waals surface area contributed by atoms with Crippen LogP contribution in [0.5, 0.6) is 0 Å². The number of ketones is 1. The van der Waals surface area contributed by atoms with Crippen molar-refractivity contribution < 1.29 is 14.0 Å². The third-order valence-electron chi connectivity index (χ3n) is 3.62. The Labute approximate surface area is 121 Å². The number of rotatable bonds is 2. The number of hydrogen-bond acceptors (Lipinski definition) is 3. The van der Waals surface area contributed by atoms with Gasteiger partial charge in [-0.2, -0.15) is 0 Å². The standard InChI is InChI=1S/C16H13FN2O2/c1-9-5-3-4-6-13(9)19(2)14-8-12-10(7-11(14)17)15(20)16(21)18-12/h3-8H,1-2H3,(H,18,20,21). The highest BCUT2D eigenvalue weighted by Gasteiger charge is 2.30. The summed E-state index contributed by atoms with van der Waals surface area (Å²) in [4.78, 5) is 24.6. The molecule has 1 aliphatic heterocycles. The SMILES string of the molecule is Cc1ccccc1N(C)c1cc2c(cc1F)C(=O)C(=O)N2. The molecule has 0 unspecified atom stereocenters. The molecule has 5 heteroatoms. The van der Waals surface area contributed by atoms with E-state index in [2.05, 4.69) is 5.32 Å². The molecule has 0 radical (unpaired) electrons. The molecule has 1 aliphatic rings. The predicted molar refractivity (Wildman–Crippen MR) is 78.6 cm³/mol. The fourth-order valence-corrected chi connectivity index (χ4v) is 2.48. The third kappa shape index (κ3) is 2.07. The van der Waals surface area contributed by atoms with Crippen LogP contribution in [0.2, 0.25) is 0 Å². The van der Waals surface area contributed by atoms with E-state index in [9.17, 15) is 14.0 Å². The molecule has 0 aliphatic carbocycles. The van der Waals surface area contributed by atoms with Crippen LogP contribution in [0.15, 0.2) is 36.4 Å². The number of Topliss-reactive ketones (excluding diaryl/α,β-unsaturated/α-hetero) is 1. The maximum atomic E-state index is 14.3. The van der Waals surface area contributed by atoms with Crippen molar-refractivity contribution in [3.63, 3.8) is 0 Å². The minimum Gasteiger partial charge on any atom is -0.342 e. The molecule has 21 heavy (non-hydrogen) atoms. The highest BCUT2D eigenvalue weighted by Crippen LogP contribution is 2.34. The Morgan fingerprint density at radius 1 is 1.10 bits per heavy atom. The van der Waals surface area contributed by atoms with E-state index >= 15 is 0 Å². The Morgan fingerprint density at radius 3 is 2.52 bits per heavy atom. The quantitative estimate of drug-likeness (QED) is 0.862. The lowest BCUT2D eigenvalue weighted by atomic mass is 10.1. The number of carbonyl (C=O) groups excluding carboxylic acids is 2. The fraction of sp³-hybridized carbons (Fsp3) is 0.125. The fourth-order valence-electron chi connectivity index (χ4n) is 2.48. The molecule has 0 saturated heterocycles. The Balaban J connectivity index is 2.09. The molecule has 0 atom stereocenters. The molecule has 1 amide bonds. The summed E-state index contributed by atoms with van der Waals surface area (Å²) in [6, 6.07) is 10.2. The van der Waals surface area contributed by atoms with Crippen molar-refractivity contribution in [2.75, 3.05) is 17.3 Å². The first-order valence-corrected chi connectivity index (χ1v) is 6.47. The molecule has 0 spiro atoms. The van der Waals surface area contributed by atoms with Crippen LogP contribution in [0.1, 0.15) is 15.9 Å². The van der Waals surface area contributed by atoms with Crippen molar-refractivity contribution in [3.05, 3.63) is 53.3 Å². The van der Waals surface area contributed by atoms with Gasteiger partial charge in [0.2, 0.25) is 0 Å². The lowest BCUT2D eigenvalue weighted by Gasteiger charge is -2.22. The zero-order valence-electron chi connectivity index (χ0n) is 11.6. The molecule has 1 heterocycles. The minimum atomic E-state index is -0.722. The maximum Gasteiger partial charge on any atom is 0.296 e. The second-order valence-electron chi connectivity index (χ2n) is 4.98. The molecule has 0 bridgehead atoms. The summed E-state index contributed by atoms with van der Waals surface area (Å²) in [6.07, 6.45) is 0. The van der Waals surface area contributed by atoms with Gasteiger partial charge in [0.1, 0.15) is 5.82 Å². The van der Waals surface area contributed by atoms with E-state index in [1.54, 1.807) is 11.9 Å². The van der Waals surface area contributed by atoms with Crippen LogP contribution in [0.4, 0.5) is 21.5 Å². The number of para-hydroxylation sites is 1. The van der Waals surface area contributed by atoms with Crippen LogP contribution < -0.4 is 10.2 Å². The van der Waals surface area contributed by atoms with Gasteiger partial charge >= 0.3 is 0 Å². The van der Waals surface area contributed by atoms with E-state index in [0.717, 1.165) is 17.3 Å². The highest BCUT2D eigenvalue weighted by atomic mass is 19.1. The monoisotopic (exact) mass is 284 g/mol. The maximum absolute atomic E-state index is 14.3. The van der Waals surface area contributed by atoms with Gasteiger partial charge in [-0.25, -0.2) is 4.39 Å². The summed E-state index contributed by atoms with van der Waals surface area (Å²) in [6.45, 7) is 1.93. The Morgan fingerprint density at radius 2 is 1.81 bits per heavy atom. The zero-order chi connectivity index (χ0) is 15.1. The number of nitrogens with zero attached hydrogens (tertiary/aromatic N) is 1. The van der Waals surface area contributed by atoms with Gasteiger partial charge < -0.3 is 10.2 Å². The van der Waals surface area contributed by atoms with Gasteiger partial charge in [0.05, 0.1) is 16.9 Å². The average Bonchev–Trinajstić information content (AvgIpc) is 2.73. The summed E-state index contributed by atoms with van der Waals surface area (Å²) in [5, 5.41) is 2.45. The normalized spacial score (nSPS) is 13.1. The van der Waals surface area contributed by atoms with Crippen LogP contribution in [0.3, 0.4) is 0 Å². The van der Waals surface area contributed by atoms with Gasteiger partial charge in [-0.05, 0) is 30.7 Å². The summed E-state index contributed by atoms with van der Waals surface area (Å²) in [5.74, 6) is -1.96. The molecule has 2 aromatic carbocycles. The van der Waals surface area contributed by atoms with Gasteiger partial charge in [-0.15, -0.1) is 0 Å². The topological polar surface area (TPSA) is 49.4 Å². The zero-order valence-corrected chi connectivity index (χ0v) is 11.6. The highest BCUT2D eigenvalue weighted by molar-refractivity contribution is 6.51. The van der Waals surface area contributed by atoms with Crippen molar-refractivity contribution in [2.45, 2.75) is 6.92 Å². The lowest BCUT2D eigenvalue weighted by Crippen LogP contribution is -2.13. The van der Waals surface area contributed by atoms with E-state index in [4.69, 9.17) is 0 Å². The second-order valence-corrected chi connectivity index (χ2v) is 4.98. The van der Waals surface area contributed by atoms with E-state index in [1.165, 1.54) is 6.07 Å². The third-order valence-corrected chi connectivity index (χ3v) is 3.62. The number of fused-ring (bicyclic) bond motifs is 1. The first-order valence-electron chi connectivity index (χ1n) is 6.47. The molecule has 3 rings (SSSR count). The Hall–Kier alpha value is -2.69. The number of aryl methyl sites for hydroxylation is 1. The smallest absolute Gasteiger partial charge is 0.296 e. The van der Waals surface area contributed by atoms with Crippen molar-refractivity contribution in [1.29, 1.82) is 0 Å². The molecule has 1 N–H and O–H groups in total. The molecule has 4 nitrogen and oxygen atoms in total. The van der Waals surface area contributed by atoms with Gasteiger partial charge in [0.15, 0.2) is 0 Å². The van der Waals surface area contributed by atoms with E-state index in [-0.39, 0.29) is 5.56 Å². The van der Waals surface area contributed by atoms with E-state index in [0.29, 0.717) is 11.4 Å². The molecule has 2 aromatic rings. The predicted octanol–water partition coefficient (Wildman–Crippen LogP) is 3.04. The van der Waals surface area contributed by atoms with Crippen LogP contribution >= 0.6 is 0 Å². The number of benzene rings is 2. The average molecular weight is 284 g/mol. The summed E-state index contributed by atoms with van der Waals surface area (Å²) in [7, 11) is 1.74. The van der Waals surface area contributed by atoms with Crippen LogP contribution in [0, 0.1) is 12.7 Å². The van der Waals surface area contributed by atoms with E-state index < -0.39 is 17.5 Å². The van der Waals surface area contributed by atoms with Crippen molar-refractivity contribution >= 4 is 28.8 Å². The molecular weight excluding hydrogens is 271 g/mol. The number of nitrogens with one attached hydrogen (secondary N) is 1. The molecule has 0 fully saturated rings. The number of hydrogen-bond donors (Lipinski definition) is 1. The number of carbonyl (C=O) groups is 2. The molecule has 0 saturated carbocycles. The van der Waals surface area contributed by atoms with Crippen molar-refractivity contribution in [3.8, 4) is 0 Å². The molecule has 0 aromatic heterocycles. The lowest BCUT2D eigenvalue weighted by molar-refractivity contribution is -0.112. The van der Waals surface area contributed by atoms with E-state index in [1.807, 2.05) is 31.2 Å². The number of halogens is 1. The first kappa shape index (κ1) is 13.3. The minimum absolute atomic E-state index is 0.0828. The Kier molecular flexibility index (Phi) is 2.97. The summed E-state index contributed by atoms with van der Waals surface area (Å²) >= 11 is 0. The Bertz CT molecular complexity index is 771. The summed E-state index contributed by atoms with van der Waals surface area (Å²) in [5.41, 5.74) is 2.59. The van der Waals surface area contributed by atoms with Crippen LogP contribution in [-0.4, -0.2) is 18.7 Å². The van der Waals surface area contributed by atoms with Crippen LogP contribution in [-0.2, 0) is 4.79 Å². The molecular formula is C16H13FN2O2. The second kappa shape index (κ2) is 4.70. The number of anilines is 3. The first-order chi connectivity index (χ1) is 9.99. The largest absolute Gasteiger partial charge is 0.342 e. The van der Waals surface area contributed by atoms with Gasteiger partial charge in [0.25, 0.3) is 11.7 Å². The summed E-state index contributed by atoms with van der Waals surface area (Å²) < 4.78 is 14.3.